The van der Waals surface area contributed by atoms with E-state index in [4.69, 9.17) is 9.47 Å². The van der Waals surface area contributed by atoms with Gasteiger partial charge >= 0.3 is 0 Å². The Balaban J connectivity index is 1.32. The molecule has 0 bridgehead atoms. The summed E-state index contributed by atoms with van der Waals surface area (Å²) in [5.41, 5.74) is 14.6. The number of para-hydroxylation sites is 4. The molecule has 0 unspecified atom stereocenters. The van der Waals surface area contributed by atoms with Gasteiger partial charge in [-0.05, 0) is 87.4 Å². The molecular formula is C42H24B2N2O2. The van der Waals surface area contributed by atoms with Crippen LogP contribution in [0.5, 0.6) is 23.0 Å². The summed E-state index contributed by atoms with van der Waals surface area (Å²) in [5, 5.41) is 2.53. The van der Waals surface area contributed by atoms with Crippen molar-refractivity contribution >= 4 is 85.1 Å². The van der Waals surface area contributed by atoms with Crippen LogP contribution in [0.4, 0.5) is 17.1 Å². The molecule has 0 fully saturated rings. The van der Waals surface area contributed by atoms with Crippen LogP contribution in [-0.4, -0.2) is 18.0 Å². The molecule has 0 atom stereocenters. The van der Waals surface area contributed by atoms with E-state index in [1.54, 1.807) is 0 Å². The Labute approximate surface area is 277 Å². The molecule has 0 radical (unpaired) electrons. The van der Waals surface area contributed by atoms with Crippen molar-refractivity contribution in [3.05, 3.63) is 146 Å². The molecule has 7 aromatic carbocycles. The van der Waals surface area contributed by atoms with Crippen LogP contribution >= 0.6 is 0 Å². The number of ether oxygens (including phenoxy) is 2. The third-order valence-corrected chi connectivity index (χ3v) is 10.9. The Hall–Kier alpha value is -6.13. The fraction of sp³-hybridized carbons (Fsp3) is 0. The monoisotopic (exact) mass is 610 g/mol. The molecule has 5 heterocycles. The van der Waals surface area contributed by atoms with Crippen LogP contribution in [0.2, 0.25) is 0 Å². The first-order chi connectivity index (χ1) is 23.8. The lowest BCUT2D eigenvalue weighted by molar-refractivity contribution is 0.487. The average molecular weight is 610 g/mol. The number of hydrogen-bond acceptors (Lipinski definition) is 3. The summed E-state index contributed by atoms with van der Waals surface area (Å²) in [6.07, 6.45) is 0. The Kier molecular flexibility index (Phi) is 4.59. The van der Waals surface area contributed by atoms with E-state index < -0.39 is 0 Å². The van der Waals surface area contributed by atoms with E-state index >= 15 is 0 Å². The first-order valence-electron chi connectivity index (χ1n) is 16.6. The second-order valence-corrected chi connectivity index (χ2v) is 13.2. The largest absolute Gasteiger partial charge is 0.458 e. The van der Waals surface area contributed by atoms with E-state index in [-0.39, 0.29) is 13.4 Å². The van der Waals surface area contributed by atoms with Gasteiger partial charge in [-0.15, -0.1) is 0 Å². The second kappa shape index (κ2) is 8.81. The van der Waals surface area contributed by atoms with Gasteiger partial charge in [0.05, 0.1) is 16.7 Å². The molecule has 4 aliphatic rings. The highest BCUT2D eigenvalue weighted by Crippen LogP contribution is 2.47. The topological polar surface area (TPSA) is 26.6 Å². The highest BCUT2D eigenvalue weighted by molar-refractivity contribution is 7.02. The van der Waals surface area contributed by atoms with Crippen LogP contribution in [0.1, 0.15) is 0 Å². The van der Waals surface area contributed by atoms with Gasteiger partial charge in [0.25, 0.3) is 13.4 Å². The average Bonchev–Trinajstić information content (AvgIpc) is 3.49. The number of aromatic nitrogens is 1. The highest BCUT2D eigenvalue weighted by Gasteiger charge is 2.47. The van der Waals surface area contributed by atoms with Gasteiger partial charge in [-0.3, -0.25) is 0 Å². The maximum Gasteiger partial charge on any atom is 0.256 e. The van der Waals surface area contributed by atoms with Crippen LogP contribution in [0, 0.1) is 0 Å². The molecule has 220 valence electrons. The van der Waals surface area contributed by atoms with Gasteiger partial charge in [0.2, 0.25) is 0 Å². The van der Waals surface area contributed by atoms with Crippen molar-refractivity contribution in [3.8, 4) is 28.7 Å². The molecule has 12 rings (SSSR count). The van der Waals surface area contributed by atoms with Crippen molar-refractivity contribution < 1.29 is 9.47 Å². The highest BCUT2D eigenvalue weighted by atomic mass is 16.5. The second-order valence-electron chi connectivity index (χ2n) is 13.2. The van der Waals surface area contributed by atoms with E-state index in [9.17, 15) is 0 Å². The first kappa shape index (κ1) is 25.0. The van der Waals surface area contributed by atoms with E-state index in [0.29, 0.717) is 0 Å². The summed E-state index contributed by atoms with van der Waals surface area (Å²) < 4.78 is 15.8. The standard InChI is InChI=1S/C42H24B2N2O2/c1-2-12-25(13-3-1)45-32-18-10-22-36-39(32)43(27-15-5-8-20-34(27)47-36)29-24-30-42-38(41(29)45)26-14-4-7-17-31(26)46(42)33-19-11-23-37-40(33)44(30)28-16-6-9-21-35(28)48-37/h1-24H. The van der Waals surface area contributed by atoms with Crippen molar-refractivity contribution in [2.45, 2.75) is 0 Å². The smallest absolute Gasteiger partial charge is 0.256 e. The molecular weight excluding hydrogens is 586 g/mol. The quantitative estimate of drug-likeness (QED) is 0.210. The zero-order valence-corrected chi connectivity index (χ0v) is 25.7. The number of benzene rings is 7. The van der Waals surface area contributed by atoms with Crippen molar-refractivity contribution in [1.82, 2.24) is 4.57 Å². The molecule has 8 aromatic rings. The molecule has 4 nitrogen and oxygen atoms in total. The lowest BCUT2D eigenvalue weighted by Gasteiger charge is -2.41. The summed E-state index contributed by atoms with van der Waals surface area (Å²) in [6, 6.07) is 52.5. The molecule has 0 saturated carbocycles. The predicted molar refractivity (Wildman–Crippen MR) is 198 cm³/mol. The molecule has 6 heteroatoms. The summed E-state index contributed by atoms with van der Waals surface area (Å²) in [5.74, 6) is 3.70. The van der Waals surface area contributed by atoms with Gasteiger partial charge < -0.3 is 18.9 Å². The number of anilines is 3. The number of nitrogens with zero attached hydrogens (tertiary/aromatic N) is 2. The van der Waals surface area contributed by atoms with E-state index in [1.165, 1.54) is 66.0 Å². The zero-order valence-electron chi connectivity index (χ0n) is 25.7. The van der Waals surface area contributed by atoms with Crippen LogP contribution in [0.15, 0.2) is 146 Å². The maximum absolute atomic E-state index is 6.67. The molecule has 48 heavy (non-hydrogen) atoms. The maximum atomic E-state index is 6.67. The third-order valence-electron chi connectivity index (χ3n) is 10.9. The first-order valence-corrected chi connectivity index (χ1v) is 16.6. The summed E-state index contributed by atoms with van der Waals surface area (Å²) >= 11 is 0. The lowest BCUT2D eigenvalue weighted by Crippen LogP contribution is -2.63. The molecule has 0 aliphatic carbocycles. The van der Waals surface area contributed by atoms with Gasteiger partial charge in [-0.2, -0.15) is 0 Å². The molecule has 0 amide bonds. The van der Waals surface area contributed by atoms with Crippen molar-refractivity contribution in [2.75, 3.05) is 4.90 Å². The van der Waals surface area contributed by atoms with E-state index in [2.05, 4.69) is 155 Å². The van der Waals surface area contributed by atoms with Gasteiger partial charge in [-0.25, -0.2) is 0 Å². The third kappa shape index (κ3) is 2.95. The van der Waals surface area contributed by atoms with Gasteiger partial charge in [0.15, 0.2) is 0 Å². The van der Waals surface area contributed by atoms with Crippen molar-refractivity contribution in [3.63, 3.8) is 0 Å². The Morgan fingerprint density at radius 3 is 1.79 bits per heavy atom. The molecule has 0 spiro atoms. The fourth-order valence-corrected chi connectivity index (χ4v) is 9.13. The Morgan fingerprint density at radius 1 is 0.458 bits per heavy atom. The van der Waals surface area contributed by atoms with E-state index in [0.717, 1.165) is 34.4 Å². The predicted octanol–water partition coefficient (Wildman–Crippen LogP) is 6.12. The summed E-state index contributed by atoms with van der Waals surface area (Å²) in [4.78, 5) is 2.49. The van der Waals surface area contributed by atoms with Gasteiger partial charge in [-0.1, -0.05) is 91.0 Å². The minimum Gasteiger partial charge on any atom is -0.458 e. The normalized spacial score (nSPS) is 14.0. The number of fused-ring (bicyclic) bond motifs is 12. The summed E-state index contributed by atoms with van der Waals surface area (Å²) in [6.45, 7) is 0.0354. The van der Waals surface area contributed by atoms with Crippen molar-refractivity contribution in [1.29, 1.82) is 0 Å². The van der Waals surface area contributed by atoms with Crippen molar-refractivity contribution in [2.24, 2.45) is 0 Å². The van der Waals surface area contributed by atoms with Crippen LogP contribution in [0.25, 0.3) is 27.5 Å². The Bertz CT molecular complexity index is 2720. The van der Waals surface area contributed by atoms with Gasteiger partial charge in [0.1, 0.15) is 23.0 Å². The molecule has 1 aromatic heterocycles. The SMILES string of the molecule is c1ccc(N2c3cccc4c3B(c3ccccc3O4)c3cc4c5c(c32)c2ccccc2n5-c2cccc3c2B4c2ccccc2O3)cc1. The van der Waals surface area contributed by atoms with Crippen LogP contribution < -0.4 is 47.2 Å². The molecule has 0 saturated heterocycles. The van der Waals surface area contributed by atoms with Crippen LogP contribution in [0.3, 0.4) is 0 Å². The van der Waals surface area contributed by atoms with Crippen LogP contribution in [-0.2, 0) is 0 Å². The zero-order chi connectivity index (χ0) is 31.1. The minimum atomic E-state index is 0.00518. The lowest BCUT2D eigenvalue weighted by atomic mass is 9.31. The molecule has 4 aliphatic heterocycles. The molecule has 0 N–H and O–H groups in total. The Morgan fingerprint density at radius 2 is 1.04 bits per heavy atom. The summed E-state index contributed by atoms with van der Waals surface area (Å²) in [7, 11) is 0. The number of rotatable bonds is 1. The fourth-order valence-electron chi connectivity index (χ4n) is 9.13. The minimum absolute atomic E-state index is 0.00518. The number of hydrogen-bond donors (Lipinski definition) is 0. The van der Waals surface area contributed by atoms with Gasteiger partial charge in [0, 0.05) is 27.8 Å². The van der Waals surface area contributed by atoms with E-state index in [1.807, 2.05) is 0 Å².